The number of hydrogen-bond acceptors (Lipinski definition) is 3. The highest BCUT2D eigenvalue weighted by Crippen LogP contribution is 2.38. The molecule has 2 aromatic carbocycles. The third-order valence-corrected chi connectivity index (χ3v) is 5.07. The molecule has 5 nitrogen and oxygen atoms in total. The summed E-state index contributed by atoms with van der Waals surface area (Å²) in [5.41, 5.74) is 5.04. The number of anilines is 1. The van der Waals surface area contributed by atoms with E-state index in [0.29, 0.717) is 19.1 Å². The highest BCUT2D eigenvalue weighted by atomic mass is 16.5. The van der Waals surface area contributed by atoms with Gasteiger partial charge in [-0.2, -0.15) is 0 Å². The Hall–Kier alpha value is -2.82. The molecule has 0 fully saturated rings. The van der Waals surface area contributed by atoms with Gasteiger partial charge >= 0.3 is 0 Å². The van der Waals surface area contributed by atoms with Crippen molar-refractivity contribution < 1.29 is 14.3 Å². The molecule has 1 aliphatic heterocycles. The lowest BCUT2D eigenvalue weighted by atomic mass is 10.0. The zero-order valence-electron chi connectivity index (χ0n) is 17.2. The number of carbonyl (C=O) groups excluding carboxylic acids is 2. The first-order chi connectivity index (χ1) is 13.3. The summed E-state index contributed by atoms with van der Waals surface area (Å²) in [6, 6.07) is 11.4. The number of benzene rings is 2. The van der Waals surface area contributed by atoms with Crippen LogP contribution in [0.5, 0.6) is 5.75 Å². The molecule has 5 heteroatoms. The molecule has 0 spiro atoms. The van der Waals surface area contributed by atoms with Crippen molar-refractivity contribution in [3.05, 3.63) is 58.7 Å². The quantitative estimate of drug-likeness (QED) is 0.823. The van der Waals surface area contributed by atoms with Gasteiger partial charge in [-0.05, 0) is 42.5 Å². The third-order valence-electron chi connectivity index (χ3n) is 5.07. The summed E-state index contributed by atoms with van der Waals surface area (Å²) in [5, 5.41) is 2.77. The summed E-state index contributed by atoms with van der Waals surface area (Å²) in [6.45, 7) is 10.5. The molecule has 2 aromatic rings. The average molecular weight is 380 g/mol. The van der Waals surface area contributed by atoms with Gasteiger partial charge in [-0.25, -0.2) is 0 Å². The number of amides is 2. The van der Waals surface area contributed by atoms with Crippen LogP contribution in [-0.2, 0) is 9.59 Å². The Morgan fingerprint density at radius 2 is 1.96 bits per heavy atom. The predicted octanol–water partition coefficient (Wildman–Crippen LogP) is 4.03. The topological polar surface area (TPSA) is 58.6 Å². The van der Waals surface area contributed by atoms with Gasteiger partial charge < -0.3 is 15.0 Å². The van der Waals surface area contributed by atoms with Gasteiger partial charge in [0.2, 0.25) is 5.91 Å². The minimum atomic E-state index is -0.627. The van der Waals surface area contributed by atoms with E-state index in [-0.39, 0.29) is 11.8 Å². The van der Waals surface area contributed by atoms with Gasteiger partial charge in [-0.15, -0.1) is 0 Å². The van der Waals surface area contributed by atoms with Crippen molar-refractivity contribution in [2.75, 3.05) is 18.1 Å². The van der Waals surface area contributed by atoms with Crippen LogP contribution in [0.2, 0.25) is 0 Å². The van der Waals surface area contributed by atoms with Gasteiger partial charge in [0.05, 0.1) is 12.2 Å². The van der Waals surface area contributed by atoms with E-state index in [9.17, 15) is 9.59 Å². The van der Waals surface area contributed by atoms with Crippen molar-refractivity contribution >= 4 is 17.5 Å². The van der Waals surface area contributed by atoms with Gasteiger partial charge in [0.25, 0.3) is 5.91 Å². The van der Waals surface area contributed by atoms with Crippen LogP contribution in [-0.4, -0.2) is 25.0 Å². The van der Waals surface area contributed by atoms with Crippen LogP contribution in [0, 0.1) is 13.8 Å². The summed E-state index contributed by atoms with van der Waals surface area (Å²) in [6.07, 6.45) is 0. The minimum absolute atomic E-state index is 0.114. The number of para-hydroxylation sites is 1. The standard InChI is InChI=1S/C23H28N2O3/c1-14(2)18-10-9-15(3)13-20(18)28-12-11-25-22-16(4)7-6-8-19(22)21(23(25)27)24-17(5)26/h6-10,13-14,21H,11-12H2,1-5H3,(H,24,26)/t21-/m1/s1. The molecule has 1 atom stereocenters. The highest BCUT2D eigenvalue weighted by molar-refractivity contribution is 6.06. The fourth-order valence-electron chi connectivity index (χ4n) is 3.74. The molecule has 0 aromatic heterocycles. The number of nitrogens with one attached hydrogen (secondary N) is 1. The molecule has 28 heavy (non-hydrogen) atoms. The first-order valence-electron chi connectivity index (χ1n) is 9.71. The molecular weight excluding hydrogens is 352 g/mol. The van der Waals surface area contributed by atoms with Crippen molar-refractivity contribution in [2.24, 2.45) is 0 Å². The lowest BCUT2D eigenvalue weighted by molar-refractivity contribution is -0.126. The molecule has 0 saturated heterocycles. The van der Waals surface area contributed by atoms with E-state index in [1.165, 1.54) is 6.92 Å². The fraction of sp³-hybridized carbons (Fsp3) is 0.391. The number of rotatable bonds is 6. The van der Waals surface area contributed by atoms with E-state index in [2.05, 4.69) is 31.3 Å². The summed E-state index contributed by atoms with van der Waals surface area (Å²) in [5.74, 6) is 0.892. The summed E-state index contributed by atoms with van der Waals surface area (Å²) in [4.78, 5) is 26.3. The smallest absolute Gasteiger partial charge is 0.254 e. The molecule has 1 heterocycles. The van der Waals surface area contributed by atoms with E-state index >= 15 is 0 Å². The van der Waals surface area contributed by atoms with Gasteiger partial charge in [0.1, 0.15) is 18.4 Å². The summed E-state index contributed by atoms with van der Waals surface area (Å²) >= 11 is 0. The molecule has 148 valence electrons. The Labute approximate surface area is 166 Å². The zero-order valence-corrected chi connectivity index (χ0v) is 17.2. The second kappa shape index (κ2) is 8.05. The molecule has 1 aliphatic rings. The number of fused-ring (bicyclic) bond motifs is 1. The minimum Gasteiger partial charge on any atom is -0.491 e. The maximum atomic E-state index is 13.0. The van der Waals surface area contributed by atoms with Crippen molar-refractivity contribution in [1.82, 2.24) is 5.32 Å². The van der Waals surface area contributed by atoms with E-state index in [4.69, 9.17) is 4.74 Å². The van der Waals surface area contributed by atoms with Crippen LogP contribution in [0.3, 0.4) is 0 Å². The molecule has 0 saturated carbocycles. The lowest BCUT2D eigenvalue weighted by Crippen LogP contribution is -2.38. The SMILES string of the molecule is CC(=O)N[C@H]1C(=O)N(CCOc2cc(C)ccc2C(C)C)c2c(C)cccc21. The van der Waals surface area contributed by atoms with Crippen molar-refractivity contribution in [3.8, 4) is 5.75 Å². The Balaban J connectivity index is 1.79. The highest BCUT2D eigenvalue weighted by Gasteiger charge is 2.38. The number of hydrogen-bond donors (Lipinski definition) is 1. The molecule has 0 aliphatic carbocycles. The first-order valence-corrected chi connectivity index (χ1v) is 9.71. The summed E-state index contributed by atoms with van der Waals surface area (Å²) < 4.78 is 6.08. The molecule has 0 unspecified atom stereocenters. The monoisotopic (exact) mass is 380 g/mol. The molecule has 2 amide bonds. The lowest BCUT2D eigenvalue weighted by Gasteiger charge is -2.21. The normalized spacial score (nSPS) is 15.7. The molecule has 3 rings (SSSR count). The Bertz CT molecular complexity index is 905. The molecule has 0 radical (unpaired) electrons. The van der Waals surface area contributed by atoms with Crippen molar-refractivity contribution in [1.29, 1.82) is 0 Å². The first kappa shape index (κ1) is 19.9. The van der Waals surface area contributed by atoms with Gasteiger partial charge in [-0.3, -0.25) is 9.59 Å². The second-order valence-electron chi connectivity index (χ2n) is 7.68. The molecule has 1 N–H and O–H groups in total. The van der Waals surface area contributed by atoms with Crippen LogP contribution in [0.4, 0.5) is 5.69 Å². The van der Waals surface area contributed by atoms with Crippen LogP contribution in [0.15, 0.2) is 36.4 Å². The number of aryl methyl sites for hydroxylation is 2. The second-order valence-corrected chi connectivity index (χ2v) is 7.68. The van der Waals surface area contributed by atoms with Gasteiger partial charge in [-0.1, -0.05) is 44.2 Å². The number of nitrogens with zero attached hydrogens (tertiary/aromatic N) is 1. The maximum Gasteiger partial charge on any atom is 0.254 e. The van der Waals surface area contributed by atoms with E-state index in [1.54, 1.807) is 4.90 Å². The largest absolute Gasteiger partial charge is 0.491 e. The average Bonchev–Trinajstić information content (AvgIpc) is 2.88. The van der Waals surface area contributed by atoms with Gasteiger partial charge in [0, 0.05) is 12.5 Å². The number of ether oxygens (including phenoxy) is 1. The Morgan fingerprint density at radius 1 is 1.21 bits per heavy atom. The Kier molecular flexibility index (Phi) is 5.73. The molecular formula is C23H28N2O3. The Morgan fingerprint density at radius 3 is 2.64 bits per heavy atom. The van der Waals surface area contributed by atoms with E-state index < -0.39 is 6.04 Å². The number of carbonyl (C=O) groups is 2. The van der Waals surface area contributed by atoms with Crippen LogP contribution < -0.4 is 15.0 Å². The van der Waals surface area contributed by atoms with Crippen LogP contribution in [0.25, 0.3) is 0 Å². The van der Waals surface area contributed by atoms with E-state index in [0.717, 1.165) is 33.7 Å². The van der Waals surface area contributed by atoms with Crippen molar-refractivity contribution in [2.45, 2.75) is 46.6 Å². The van der Waals surface area contributed by atoms with Crippen LogP contribution in [0.1, 0.15) is 55.0 Å². The van der Waals surface area contributed by atoms with Crippen molar-refractivity contribution in [3.63, 3.8) is 0 Å². The predicted molar refractivity (Wildman–Crippen MR) is 111 cm³/mol. The van der Waals surface area contributed by atoms with Crippen LogP contribution >= 0.6 is 0 Å². The molecule has 0 bridgehead atoms. The third kappa shape index (κ3) is 3.88. The summed E-state index contributed by atoms with van der Waals surface area (Å²) in [7, 11) is 0. The van der Waals surface area contributed by atoms with Gasteiger partial charge in [0.15, 0.2) is 0 Å². The fourth-order valence-corrected chi connectivity index (χ4v) is 3.74. The van der Waals surface area contributed by atoms with E-state index in [1.807, 2.05) is 38.1 Å². The zero-order chi connectivity index (χ0) is 20.4. The maximum absolute atomic E-state index is 13.0.